The van der Waals surface area contributed by atoms with Crippen molar-refractivity contribution in [2.75, 3.05) is 26.7 Å². The highest BCUT2D eigenvalue weighted by Crippen LogP contribution is 2.15. The third-order valence-corrected chi connectivity index (χ3v) is 1.34. The monoisotopic (exact) mass is 196 g/mol. The Bertz CT molecular complexity index is 176. The lowest BCUT2D eigenvalue weighted by atomic mass is 10.4. The molecule has 0 aliphatic rings. The maximum atomic E-state index is 11.5. The molecular weight excluding hydrogens is 185 g/mol. The van der Waals surface area contributed by atoms with Crippen molar-refractivity contribution in [1.29, 1.82) is 5.26 Å². The first kappa shape index (κ1) is 12.2. The highest BCUT2D eigenvalue weighted by atomic mass is 19.4. The van der Waals surface area contributed by atoms with Gasteiger partial charge in [-0.05, 0) is 7.05 Å². The van der Waals surface area contributed by atoms with Crippen LogP contribution in [0, 0.1) is 11.3 Å². The van der Waals surface area contributed by atoms with Gasteiger partial charge >= 0.3 is 6.36 Å². The van der Waals surface area contributed by atoms with E-state index in [4.69, 9.17) is 5.26 Å². The number of rotatable bonds is 5. The Morgan fingerprint density at radius 3 is 2.46 bits per heavy atom. The molecule has 0 unspecified atom stereocenters. The van der Waals surface area contributed by atoms with Gasteiger partial charge in [0.05, 0.1) is 12.7 Å². The SMILES string of the molecule is CN(CCC#N)CCOC(F)(F)F. The molecule has 0 amide bonds. The van der Waals surface area contributed by atoms with Crippen LogP contribution in [0.2, 0.25) is 0 Å². The van der Waals surface area contributed by atoms with Crippen molar-refractivity contribution in [3.8, 4) is 6.07 Å². The van der Waals surface area contributed by atoms with Gasteiger partial charge in [-0.25, -0.2) is 0 Å². The molecule has 0 spiro atoms. The molecular formula is C7H11F3N2O. The molecule has 0 saturated carbocycles. The van der Waals surface area contributed by atoms with Gasteiger partial charge in [0.2, 0.25) is 0 Å². The van der Waals surface area contributed by atoms with Gasteiger partial charge in [-0.2, -0.15) is 5.26 Å². The van der Waals surface area contributed by atoms with E-state index >= 15 is 0 Å². The van der Waals surface area contributed by atoms with Crippen molar-refractivity contribution in [3.05, 3.63) is 0 Å². The Morgan fingerprint density at radius 2 is 2.00 bits per heavy atom. The fourth-order valence-corrected chi connectivity index (χ4v) is 0.670. The van der Waals surface area contributed by atoms with E-state index in [0.717, 1.165) is 0 Å². The Kier molecular flexibility index (Phi) is 5.42. The maximum Gasteiger partial charge on any atom is 0.522 e. The summed E-state index contributed by atoms with van der Waals surface area (Å²) < 4.78 is 38.0. The maximum absolute atomic E-state index is 11.5. The number of halogens is 3. The molecule has 0 aromatic heterocycles. The molecule has 76 valence electrons. The van der Waals surface area contributed by atoms with Gasteiger partial charge in [-0.1, -0.05) is 0 Å². The average Bonchev–Trinajstić information content (AvgIpc) is 1.98. The predicted octanol–water partition coefficient (Wildman–Crippen LogP) is 1.37. The zero-order valence-electron chi connectivity index (χ0n) is 7.26. The summed E-state index contributed by atoms with van der Waals surface area (Å²) in [6.07, 6.45) is -4.25. The van der Waals surface area contributed by atoms with Gasteiger partial charge in [-0.15, -0.1) is 13.2 Å². The first-order chi connectivity index (χ1) is 5.95. The lowest BCUT2D eigenvalue weighted by Crippen LogP contribution is -2.27. The first-order valence-electron chi connectivity index (χ1n) is 3.72. The molecule has 0 heterocycles. The summed E-state index contributed by atoms with van der Waals surface area (Å²) in [7, 11) is 1.64. The molecule has 0 N–H and O–H groups in total. The molecule has 0 aromatic rings. The third kappa shape index (κ3) is 9.11. The molecule has 0 rings (SSSR count). The van der Waals surface area contributed by atoms with Crippen LogP contribution in [-0.2, 0) is 4.74 Å². The predicted molar refractivity (Wildman–Crippen MR) is 39.7 cm³/mol. The van der Waals surface area contributed by atoms with Crippen LogP contribution in [0.3, 0.4) is 0 Å². The van der Waals surface area contributed by atoms with E-state index in [2.05, 4.69) is 4.74 Å². The highest BCUT2D eigenvalue weighted by Gasteiger charge is 2.28. The van der Waals surface area contributed by atoms with E-state index in [1.54, 1.807) is 11.9 Å². The Labute approximate surface area is 74.7 Å². The lowest BCUT2D eigenvalue weighted by Gasteiger charge is -2.15. The van der Waals surface area contributed by atoms with E-state index in [9.17, 15) is 13.2 Å². The Morgan fingerprint density at radius 1 is 1.38 bits per heavy atom. The fourth-order valence-electron chi connectivity index (χ4n) is 0.670. The van der Waals surface area contributed by atoms with Crippen LogP contribution >= 0.6 is 0 Å². The molecule has 0 saturated heterocycles. The van der Waals surface area contributed by atoms with Crippen LogP contribution in [0.25, 0.3) is 0 Å². The zero-order valence-corrected chi connectivity index (χ0v) is 7.26. The van der Waals surface area contributed by atoms with Crippen LogP contribution in [0.15, 0.2) is 0 Å². The largest absolute Gasteiger partial charge is 0.522 e. The van der Waals surface area contributed by atoms with Crippen LogP contribution in [0.4, 0.5) is 13.2 Å². The minimum atomic E-state index is -4.56. The van der Waals surface area contributed by atoms with E-state index in [1.807, 2.05) is 6.07 Å². The van der Waals surface area contributed by atoms with Crippen LogP contribution < -0.4 is 0 Å². The van der Waals surface area contributed by atoms with E-state index < -0.39 is 13.0 Å². The van der Waals surface area contributed by atoms with Gasteiger partial charge < -0.3 is 4.90 Å². The summed E-state index contributed by atoms with van der Waals surface area (Å²) in [5.41, 5.74) is 0. The van der Waals surface area contributed by atoms with Crippen molar-refractivity contribution in [2.45, 2.75) is 12.8 Å². The molecule has 0 atom stereocenters. The number of ether oxygens (including phenoxy) is 1. The normalized spacial score (nSPS) is 11.7. The second kappa shape index (κ2) is 5.78. The molecule has 3 nitrogen and oxygen atoms in total. The summed E-state index contributed by atoms with van der Waals surface area (Å²) in [4.78, 5) is 1.61. The van der Waals surface area contributed by atoms with Crippen LogP contribution in [0.5, 0.6) is 0 Å². The summed E-state index contributed by atoms with van der Waals surface area (Å²) in [6, 6.07) is 1.90. The summed E-state index contributed by atoms with van der Waals surface area (Å²) >= 11 is 0. The van der Waals surface area contributed by atoms with Crippen molar-refractivity contribution in [3.63, 3.8) is 0 Å². The topological polar surface area (TPSA) is 36.3 Å². The molecule has 0 bridgehead atoms. The molecule has 0 aliphatic carbocycles. The standard InChI is InChI=1S/C7H11F3N2O/c1-12(4-2-3-11)5-6-13-7(8,9)10/h2,4-6H2,1H3. The first-order valence-corrected chi connectivity index (χ1v) is 3.72. The van der Waals surface area contributed by atoms with Crippen LogP contribution in [-0.4, -0.2) is 38.0 Å². The number of hydrogen-bond donors (Lipinski definition) is 0. The smallest absolute Gasteiger partial charge is 0.303 e. The minimum absolute atomic E-state index is 0.168. The van der Waals surface area contributed by atoms with Gasteiger partial charge in [0, 0.05) is 19.5 Å². The number of nitrogens with zero attached hydrogens (tertiary/aromatic N) is 2. The van der Waals surface area contributed by atoms with Gasteiger partial charge in [0.25, 0.3) is 0 Å². The number of nitriles is 1. The van der Waals surface area contributed by atoms with E-state index in [-0.39, 0.29) is 6.54 Å². The van der Waals surface area contributed by atoms with Gasteiger partial charge in [0.1, 0.15) is 0 Å². The van der Waals surface area contributed by atoms with Crippen molar-refractivity contribution >= 4 is 0 Å². The minimum Gasteiger partial charge on any atom is -0.303 e. The van der Waals surface area contributed by atoms with E-state index in [1.165, 1.54) is 0 Å². The Hall–Kier alpha value is -0.800. The second-order valence-electron chi connectivity index (χ2n) is 2.51. The zero-order chi connectivity index (χ0) is 10.3. The molecule has 0 fully saturated rings. The van der Waals surface area contributed by atoms with Gasteiger partial charge in [-0.3, -0.25) is 4.74 Å². The third-order valence-electron chi connectivity index (χ3n) is 1.34. The number of hydrogen-bond acceptors (Lipinski definition) is 3. The van der Waals surface area contributed by atoms with E-state index in [0.29, 0.717) is 13.0 Å². The molecule has 0 aromatic carbocycles. The van der Waals surface area contributed by atoms with Crippen molar-refractivity contribution in [1.82, 2.24) is 4.90 Å². The number of likely N-dealkylation sites (N-methyl/N-ethyl adjacent to an activating group) is 1. The highest BCUT2D eigenvalue weighted by molar-refractivity contribution is 4.70. The van der Waals surface area contributed by atoms with Crippen molar-refractivity contribution in [2.24, 2.45) is 0 Å². The average molecular weight is 196 g/mol. The molecule has 6 heteroatoms. The molecule has 0 radical (unpaired) electrons. The number of alkyl halides is 3. The quantitative estimate of drug-likeness (QED) is 0.666. The second-order valence-corrected chi connectivity index (χ2v) is 2.51. The van der Waals surface area contributed by atoms with Crippen LogP contribution in [0.1, 0.15) is 6.42 Å². The Balaban J connectivity index is 3.38. The fraction of sp³-hybridized carbons (Fsp3) is 0.857. The lowest BCUT2D eigenvalue weighted by molar-refractivity contribution is -0.324. The molecule has 13 heavy (non-hydrogen) atoms. The summed E-state index contributed by atoms with van der Waals surface area (Å²) in [5, 5.41) is 8.18. The van der Waals surface area contributed by atoms with Crippen molar-refractivity contribution < 1.29 is 17.9 Å². The van der Waals surface area contributed by atoms with Gasteiger partial charge in [0.15, 0.2) is 0 Å². The molecule has 0 aliphatic heterocycles. The summed E-state index contributed by atoms with van der Waals surface area (Å²) in [6.45, 7) is 0.227. The summed E-state index contributed by atoms with van der Waals surface area (Å²) in [5.74, 6) is 0.